The fourth-order valence-corrected chi connectivity index (χ4v) is 2.83. The molecule has 1 atom stereocenters. The van der Waals surface area contributed by atoms with Gasteiger partial charge in [-0.3, -0.25) is 0 Å². The zero-order chi connectivity index (χ0) is 9.60. The highest BCUT2D eigenvalue weighted by atomic mass is 32.1. The highest BCUT2D eigenvalue weighted by molar-refractivity contribution is 7.16. The monoisotopic (exact) mass is 209 g/mol. The zero-order valence-electron chi connectivity index (χ0n) is 7.90. The fourth-order valence-electron chi connectivity index (χ4n) is 1.86. The molecule has 1 aliphatic rings. The maximum atomic E-state index is 4.47. The van der Waals surface area contributed by atoms with E-state index in [1.54, 1.807) is 22.2 Å². The van der Waals surface area contributed by atoms with Gasteiger partial charge in [0.1, 0.15) is 11.3 Å². The average Bonchev–Trinajstić information content (AvgIpc) is 2.75. The van der Waals surface area contributed by atoms with Crippen molar-refractivity contribution in [2.45, 2.75) is 25.3 Å². The molecule has 1 unspecified atom stereocenters. The lowest BCUT2D eigenvalue weighted by Crippen LogP contribution is -2.33. The van der Waals surface area contributed by atoms with Gasteiger partial charge in [-0.15, -0.1) is 10.2 Å². The van der Waals surface area contributed by atoms with Gasteiger partial charge in [-0.05, 0) is 26.3 Å². The molecule has 2 aromatic heterocycles. The van der Waals surface area contributed by atoms with Crippen LogP contribution in [-0.4, -0.2) is 26.4 Å². The van der Waals surface area contributed by atoms with E-state index in [0.29, 0.717) is 0 Å². The van der Waals surface area contributed by atoms with Gasteiger partial charge < -0.3 is 5.32 Å². The minimum absolute atomic E-state index is 0.0470. The summed E-state index contributed by atoms with van der Waals surface area (Å²) in [6.07, 6.45) is 4.02. The predicted molar refractivity (Wildman–Crippen MR) is 53.2 cm³/mol. The van der Waals surface area contributed by atoms with E-state index in [1.165, 1.54) is 6.42 Å². The summed E-state index contributed by atoms with van der Waals surface area (Å²) in [4.78, 5) is 0.870. The minimum Gasteiger partial charge on any atom is -0.306 e. The van der Waals surface area contributed by atoms with Crippen molar-refractivity contribution in [1.82, 2.24) is 25.1 Å². The van der Waals surface area contributed by atoms with Crippen molar-refractivity contribution >= 4 is 16.3 Å². The quantitative estimate of drug-likeness (QED) is 0.754. The molecule has 1 N–H and O–H groups in total. The molecule has 0 spiro atoms. The smallest absolute Gasteiger partial charge is 0.234 e. The maximum Gasteiger partial charge on any atom is 0.234 e. The van der Waals surface area contributed by atoms with Crippen LogP contribution in [0, 0.1) is 0 Å². The van der Waals surface area contributed by atoms with Crippen molar-refractivity contribution in [3.63, 3.8) is 0 Å². The predicted octanol–water partition coefficient (Wildman–Crippen LogP) is 0.784. The Morgan fingerprint density at radius 3 is 3.29 bits per heavy atom. The SMILES string of the molecule is CC1(c2nn3cnnc3s2)CCCN1. The number of nitrogens with one attached hydrogen (secondary N) is 1. The van der Waals surface area contributed by atoms with Crippen LogP contribution >= 0.6 is 11.3 Å². The first-order valence-corrected chi connectivity index (χ1v) is 5.52. The van der Waals surface area contributed by atoms with Crippen molar-refractivity contribution in [3.8, 4) is 0 Å². The molecule has 74 valence electrons. The minimum atomic E-state index is 0.0470. The molecule has 0 aliphatic carbocycles. The first kappa shape index (κ1) is 8.31. The highest BCUT2D eigenvalue weighted by Crippen LogP contribution is 2.32. The molecule has 0 radical (unpaired) electrons. The summed E-state index contributed by atoms with van der Waals surface area (Å²) in [6, 6.07) is 0. The molecule has 0 aromatic carbocycles. The van der Waals surface area contributed by atoms with Crippen LogP contribution in [0.1, 0.15) is 24.8 Å². The third-order valence-corrected chi connectivity index (χ3v) is 3.90. The van der Waals surface area contributed by atoms with Crippen molar-refractivity contribution in [1.29, 1.82) is 0 Å². The van der Waals surface area contributed by atoms with Crippen LogP contribution in [0.15, 0.2) is 6.33 Å². The molecule has 0 amide bonds. The van der Waals surface area contributed by atoms with Crippen molar-refractivity contribution in [3.05, 3.63) is 11.3 Å². The van der Waals surface area contributed by atoms with E-state index in [1.807, 2.05) is 0 Å². The lowest BCUT2D eigenvalue weighted by molar-refractivity contribution is 0.427. The first-order chi connectivity index (χ1) is 6.78. The Hall–Kier alpha value is -1.01. The molecule has 0 saturated carbocycles. The summed E-state index contributed by atoms with van der Waals surface area (Å²) >= 11 is 1.62. The average molecular weight is 209 g/mol. The summed E-state index contributed by atoms with van der Waals surface area (Å²) in [5.41, 5.74) is 0.0470. The second-order valence-electron chi connectivity index (χ2n) is 3.83. The number of nitrogens with zero attached hydrogens (tertiary/aromatic N) is 4. The number of rotatable bonds is 1. The lowest BCUT2D eigenvalue weighted by Gasteiger charge is -2.19. The number of hydrogen-bond acceptors (Lipinski definition) is 5. The van der Waals surface area contributed by atoms with E-state index in [-0.39, 0.29) is 5.54 Å². The van der Waals surface area contributed by atoms with Crippen LogP contribution in [0.4, 0.5) is 0 Å². The second kappa shape index (κ2) is 2.74. The van der Waals surface area contributed by atoms with Crippen LogP contribution in [0.3, 0.4) is 0 Å². The molecule has 1 aliphatic heterocycles. The Morgan fingerprint density at radius 1 is 1.64 bits per heavy atom. The molecule has 6 heteroatoms. The van der Waals surface area contributed by atoms with Gasteiger partial charge in [0.2, 0.25) is 4.96 Å². The molecule has 3 heterocycles. The van der Waals surface area contributed by atoms with Crippen LogP contribution < -0.4 is 5.32 Å². The highest BCUT2D eigenvalue weighted by Gasteiger charge is 2.33. The fraction of sp³-hybridized carbons (Fsp3) is 0.625. The topological polar surface area (TPSA) is 55.1 Å². The third kappa shape index (κ3) is 1.07. The van der Waals surface area contributed by atoms with Gasteiger partial charge >= 0.3 is 0 Å². The van der Waals surface area contributed by atoms with Crippen LogP contribution in [0.2, 0.25) is 0 Å². The number of fused-ring (bicyclic) bond motifs is 1. The maximum absolute atomic E-state index is 4.47. The van der Waals surface area contributed by atoms with E-state index in [4.69, 9.17) is 0 Å². The third-order valence-electron chi connectivity index (χ3n) is 2.73. The van der Waals surface area contributed by atoms with Gasteiger partial charge in [-0.1, -0.05) is 11.3 Å². The van der Waals surface area contributed by atoms with Gasteiger partial charge in [0.05, 0.1) is 5.54 Å². The normalized spacial score (nSPS) is 27.5. The van der Waals surface area contributed by atoms with Gasteiger partial charge in [0.15, 0.2) is 0 Å². The van der Waals surface area contributed by atoms with Crippen molar-refractivity contribution in [2.75, 3.05) is 6.54 Å². The van der Waals surface area contributed by atoms with Crippen LogP contribution in [0.25, 0.3) is 4.96 Å². The van der Waals surface area contributed by atoms with E-state index >= 15 is 0 Å². The van der Waals surface area contributed by atoms with Crippen LogP contribution in [-0.2, 0) is 5.54 Å². The van der Waals surface area contributed by atoms with E-state index < -0.39 is 0 Å². The van der Waals surface area contributed by atoms with E-state index in [2.05, 4.69) is 27.5 Å². The van der Waals surface area contributed by atoms with Gasteiger partial charge in [0, 0.05) is 0 Å². The summed E-state index contributed by atoms with van der Waals surface area (Å²) in [7, 11) is 0. The van der Waals surface area contributed by atoms with Crippen molar-refractivity contribution < 1.29 is 0 Å². The first-order valence-electron chi connectivity index (χ1n) is 4.70. The van der Waals surface area contributed by atoms with Gasteiger partial charge in [-0.2, -0.15) is 9.61 Å². The molecule has 0 bridgehead atoms. The standard InChI is InChI=1S/C8H11N5S/c1-8(3-2-4-9-8)6-12-13-5-10-11-7(13)14-6/h5,9H,2-4H2,1H3. The molecular weight excluding hydrogens is 198 g/mol. The van der Waals surface area contributed by atoms with E-state index in [0.717, 1.165) is 22.9 Å². The van der Waals surface area contributed by atoms with Crippen LogP contribution in [0.5, 0.6) is 0 Å². The summed E-state index contributed by atoms with van der Waals surface area (Å²) in [5.74, 6) is 0. The molecule has 1 fully saturated rings. The molecule has 5 nitrogen and oxygen atoms in total. The zero-order valence-corrected chi connectivity index (χ0v) is 8.71. The number of hydrogen-bond donors (Lipinski definition) is 1. The molecule has 3 rings (SSSR count). The molecule has 2 aromatic rings. The summed E-state index contributed by atoms with van der Waals surface area (Å²) < 4.78 is 1.74. The molecular formula is C8H11N5S. The Labute approximate surface area is 85.2 Å². The Balaban J connectivity index is 2.08. The molecule has 1 saturated heterocycles. The molecule has 14 heavy (non-hydrogen) atoms. The van der Waals surface area contributed by atoms with E-state index in [9.17, 15) is 0 Å². The largest absolute Gasteiger partial charge is 0.306 e. The summed E-state index contributed by atoms with van der Waals surface area (Å²) in [6.45, 7) is 3.28. The lowest BCUT2D eigenvalue weighted by atomic mass is 10.0. The summed E-state index contributed by atoms with van der Waals surface area (Å²) in [5, 5.41) is 16.8. The number of aromatic nitrogens is 4. The van der Waals surface area contributed by atoms with Gasteiger partial charge in [0.25, 0.3) is 0 Å². The Bertz CT molecular complexity index is 424. The second-order valence-corrected chi connectivity index (χ2v) is 4.78. The van der Waals surface area contributed by atoms with Gasteiger partial charge in [-0.25, -0.2) is 0 Å². The van der Waals surface area contributed by atoms with Crippen molar-refractivity contribution in [2.24, 2.45) is 0 Å². The Morgan fingerprint density at radius 2 is 2.57 bits per heavy atom. The Kier molecular flexibility index (Phi) is 1.63.